The Morgan fingerprint density at radius 2 is 1.75 bits per heavy atom. The van der Waals surface area contributed by atoms with Crippen molar-refractivity contribution in [3.63, 3.8) is 0 Å². The van der Waals surface area contributed by atoms with Gasteiger partial charge in [0, 0.05) is 16.5 Å². The number of anilines is 1. The Kier molecular flexibility index (Phi) is 6.64. The number of Topliss-reactive ketones (excluding diaryl/α,β-unsaturated/α-hetero) is 1. The minimum Gasteiger partial charge on any atom is -0.457 e. The molecule has 2 aromatic rings. The van der Waals surface area contributed by atoms with Crippen LogP contribution in [-0.4, -0.2) is 41.2 Å². The standard InChI is InChI=1S/C20H16BrNO5S/c21-14-8-6-13(7-9-14)16(23)11-27-19(25)12-28-17-10-18(24)22(20(17)26)15-4-2-1-3-5-15/h1-9,17H,10-12H2/t17-/m0/s1. The zero-order valence-corrected chi connectivity index (χ0v) is 17.1. The van der Waals surface area contributed by atoms with Gasteiger partial charge in [0.2, 0.25) is 11.8 Å². The summed E-state index contributed by atoms with van der Waals surface area (Å²) in [6.45, 7) is -0.366. The van der Waals surface area contributed by atoms with E-state index in [1.165, 1.54) is 0 Å². The number of hydrogen-bond donors (Lipinski definition) is 0. The molecule has 1 saturated heterocycles. The van der Waals surface area contributed by atoms with Crippen molar-refractivity contribution in [1.82, 2.24) is 0 Å². The van der Waals surface area contributed by atoms with E-state index in [-0.39, 0.29) is 36.4 Å². The molecule has 0 unspecified atom stereocenters. The SMILES string of the molecule is O=C(CS[C@H]1CC(=O)N(c2ccccc2)C1=O)OCC(=O)c1ccc(Br)cc1. The van der Waals surface area contributed by atoms with Gasteiger partial charge >= 0.3 is 5.97 Å². The van der Waals surface area contributed by atoms with Crippen LogP contribution in [-0.2, 0) is 19.1 Å². The molecule has 2 aromatic carbocycles. The average molecular weight is 462 g/mol. The first kappa shape index (κ1) is 20.3. The summed E-state index contributed by atoms with van der Waals surface area (Å²) in [5.41, 5.74) is 0.960. The zero-order valence-electron chi connectivity index (χ0n) is 14.7. The first-order chi connectivity index (χ1) is 13.5. The minimum absolute atomic E-state index is 0.0312. The highest BCUT2D eigenvalue weighted by Crippen LogP contribution is 2.29. The monoisotopic (exact) mass is 461 g/mol. The Hall–Kier alpha value is -2.45. The number of carbonyl (C=O) groups excluding carboxylic acids is 4. The van der Waals surface area contributed by atoms with Gasteiger partial charge in [-0.15, -0.1) is 11.8 Å². The van der Waals surface area contributed by atoms with Crippen molar-refractivity contribution >= 4 is 56.9 Å². The lowest BCUT2D eigenvalue weighted by Crippen LogP contribution is -2.31. The molecule has 6 nitrogen and oxygen atoms in total. The molecule has 2 amide bonds. The summed E-state index contributed by atoms with van der Waals surface area (Å²) in [5, 5.41) is -0.637. The molecule has 1 atom stereocenters. The number of nitrogens with zero attached hydrogens (tertiary/aromatic N) is 1. The minimum atomic E-state index is -0.637. The molecule has 28 heavy (non-hydrogen) atoms. The maximum Gasteiger partial charge on any atom is 0.316 e. The molecular formula is C20H16BrNO5S. The van der Waals surface area contributed by atoms with Gasteiger partial charge in [-0.05, 0) is 24.3 Å². The van der Waals surface area contributed by atoms with E-state index in [1.807, 2.05) is 0 Å². The van der Waals surface area contributed by atoms with E-state index in [0.717, 1.165) is 21.1 Å². The van der Waals surface area contributed by atoms with Crippen LogP contribution >= 0.6 is 27.7 Å². The number of halogens is 1. The fraction of sp³-hybridized carbons (Fsp3) is 0.200. The van der Waals surface area contributed by atoms with Crippen LogP contribution in [0.3, 0.4) is 0 Å². The van der Waals surface area contributed by atoms with Crippen molar-refractivity contribution in [3.8, 4) is 0 Å². The van der Waals surface area contributed by atoms with Gasteiger partial charge in [0.15, 0.2) is 12.4 Å². The normalized spacial score (nSPS) is 16.3. The molecule has 3 rings (SSSR count). The molecule has 0 radical (unpaired) electrons. The number of para-hydroxylation sites is 1. The first-order valence-corrected chi connectivity index (χ1v) is 10.3. The van der Waals surface area contributed by atoms with Crippen molar-refractivity contribution in [2.45, 2.75) is 11.7 Å². The lowest BCUT2D eigenvalue weighted by atomic mass is 10.1. The highest BCUT2D eigenvalue weighted by atomic mass is 79.9. The van der Waals surface area contributed by atoms with E-state index in [0.29, 0.717) is 11.3 Å². The largest absolute Gasteiger partial charge is 0.457 e. The van der Waals surface area contributed by atoms with Gasteiger partial charge in [0.05, 0.1) is 16.7 Å². The van der Waals surface area contributed by atoms with Crippen LogP contribution in [0.25, 0.3) is 0 Å². The lowest BCUT2D eigenvalue weighted by Gasteiger charge is -2.14. The van der Waals surface area contributed by atoms with E-state index in [4.69, 9.17) is 4.74 Å². The molecule has 1 aliphatic heterocycles. The molecule has 1 fully saturated rings. The predicted octanol–water partition coefficient (Wildman–Crippen LogP) is 3.24. The summed E-state index contributed by atoms with van der Waals surface area (Å²) < 4.78 is 5.84. The van der Waals surface area contributed by atoms with Crippen molar-refractivity contribution in [1.29, 1.82) is 0 Å². The van der Waals surface area contributed by atoms with Gasteiger partial charge in [-0.1, -0.05) is 46.3 Å². The second-order valence-electron chi connectivity index (χ2n) is 6.00. The number of imide groups is 1. The van der Waals surface area contributed by atoms with Crippen molar-refractivity contribution in [3.05, 3.63) is 64.6 Å². The fourth-order valence-electron chi connectivity index (χ4n) is 2.66. The summed E-state index contributed by atoms with van der Waals surface area (Å²) in [6, 6.07) is 15.4. The number of ether oxygens (including phenoxy) is 1. The van der Waals surface area contributed by atoms with Gasteiger partial charge in [0.1, 0.15) is 0 Å². The molecular weight excluding hydrogens is 446 g/mol. The van der Waals surface area contributed by atoms with E-state index >= 15 is 0 Å². The third-order valence-electron chi connectivity index (χ3n) is 4.05. The second-order valence-corrected chi connectivity index (χ2v) is 8.10. The predicted molar refractivity (Wildman–Crippen MR) is 109 cm³/mol. The summed E-state index contributed by atoms with van der Waals surface area (Å²) in [5.74, 6) is -1.67. The first-order valence-electron chi connectivity index (χ1n) is 8.43. The van der Waals surface area contributed by atoms with Crippen molar-refractivity contribution < 1.29 is 23.9 Å². The summed E-state index contributed by atoms with van der Waals surface area (Å²) in [7, 11) is 0. The summed E-state index contributed by atoms with van der Waals surface area (Å²) in [4.78, 5) is 49.7. The molecule has 0 bridgehead atoms. The molecule has 144 valence electrons. The van der Waals surface area contributed by atoms with Crippen LogP contribution in [0.5, 0.6) is 0 Å². The van der Waals surface area contributed by atoms with Crippen molar-refractivity contribution in [2.75, 3.05) is 17.3 Å². The Morgan fingerprint density at radius 1 is 1.07 bits per heavy atom. The van der Waals surface area contributed by atoms with Crippen LogP contribution < -0.4 is 4.90 Å². The average Bonchev–Trinajstić information content (AvgIpc) is 2.99. The molecule has 0 N–H and O–H groups in total. The van der Waals surface area contributed by atoms with Gasteiger partial charge in [-0.3, -0.25) is 19.2 Å². The van der Waals surface area contributed by atoms with Gasteiger partial charge in [0.25, 0.3) is 0 Å². The molecule has 0 aliphatic carbocycles. The molecule has 1 heterocycles. The number of rotatable bonds is 7. The third-order valence-corrected chi connectivity index (χ3v) is 5.75. The van der Waals surface area contributed by atoms with E-state index in [1.54, 1.807) is 54.6 Å². The highest BCUT2D eigenvalue weighted by Gasteiger charge is 2.40. The van der Waals surface area contributed by atoms with E-state index in [9.17, 15) is 19.2 Å². The van der Waals surface area contributed by atoms with E-state index in [2.05, 4.69) is 15.9 Å². The molecule has 1 aliphatic rings. The van der Waals surface area contributed by atoms with Crippen LogP contribution in [0.4, 0.5) is 5.69 Å². The van der Waals surface area contributed by atoms with Crippen molar-refractivity contribution in [2.24, 2.45) is 0 Å². The van der Waals surface area contributed by atoms with Crippen LogP contribution in [0.2, 0.25) is 0 Å². The Bertz CT molecular complexity index is 901. The maximum absolute atomic E-state index is 12.5. The van der Waals surface area contributed by atoms with Crippen LogP contribution in [0.1, 0.15) is 16.8 Å². The lowest BCUT2D eigenvalue weighted by molar-refractivity contribution is -0.139. The summed E-state index contributed by atoms with van der Waals surface area (Å²) >= 11 is 4.33. The number of esters is 1. The number of amides is 2. The number of hydrogen-bond acceptors (Lipinski definition) is 6. The Morgan fingerprint density at radius 3 is 2.43 bits per heavy atom. The van der Waals surface area contributed by atoms with Gasteiger partial charge in [-0.2, -0.15) is 0 Å². The number of carbonyl (C=O) groups is 4. The molecule has 0 aromatic heterocycles. The van der Waals surface area contributed by atoms with Crippen LogP contribution in [0.15, 0.2) is 59.1 Å². The topological polar surface area (TPSA) is 80.8 Å². The smallest absolute Gasteiger partial charge is 0.316 e. The number of thioether (sulfide) groups is 1. The number of benzene rings is 2. The molecule has 0 spiro atoms. The second kappa shape index (κ2) is 9.16. The molecule has 0 saturated carbocycles. The fourth-order valence-corrected chi connectivity index (χ4v) is 3.85. The highest BCUT2D eigenvalue weighted by molar-refractivity contribution is 9.10. The number of ketones is 1. The third kappa shape index (κ3) is 4.88. The van der Waals surface area contributed by atoms with Crippen LogP contribution in [0, 0.1) is 0 Å². The summed E-state index contributed by atoms with van der Waals surface area (Å²) in [6.07, 6.45) is 0.0312. The zero-order chi connectivity index (χ0) is 20.1. The Labute approximate surface area is 174 Å². The van der Waals surface area contributed by atoms with Gasteiger partial charge < -0.3 is 4.74 Å². The maximum atomic E-state index is 12.5. The Balaban J connectivity index is 1.48. The molecule has 8 heteroatoms. The quantitative estimate of drug-likeness (QED) is 0.357. The van der Waals surface area contributed by atoms with Gasteiger partial charge in [-0.25, -0.2) is 4.90 Å². The van der Waals surface area contributed by atoms with E-state index < -0.39 is 11.2 Å².